The minimum absolute atomic E-state index is 0.0111. The second-order valence-electron chi connectivity index (χ2n) is 4.06. The Morgan fingerprint density at radius 1 is 1.67 bits per heavy atom. The maximum atomic E-state index is 11.9. The molecule has 2 rings (SSSR count). The van der Waals surface area contributed by atoms with Crippen LogP contribution in [0.4, 0.5) is 5.69 Å². The normalized spacial score (nSPS) is 19.3. The molecule has 0 bridgehead atoms. The Labute approximate surface area is 117 Å². The summed E-state index contributed by atoms with van der Waals surface area (Å²) < 4.78 is 0. The molecule has 5 nitrogen and oxygen atoms in total. The van der Waals surface area contributed by atoms with Gasteiger partial charge in [-0.25, -0.2) is 9.78 Å². The van der Waals surface area contributed by atoms with Gasteiger partial charge in [0.05, 0.1) is 5.69 Å². The molecule has 1 aromatic rings. The summed E-state index contributed by atoms with van der Waals surface area (Å²) in [5.41, 5.74) is 0.305. The van der Waals surface area contributed by atoms with Gasteiger partial charge < -0.3 is 10.0 Å². The fourth-order valence-corrected chi connectivity index (χ4v) is 2.51. The Kier molecular flexibility index (Phi) is 3.87. The van der Waals surface area contributed by atoms with E-state index in [1.807, 2.05) is 0 Å². The minimum atomic E-state index is -1.12. The first kappa shape index (κ1) is 13.3. The quantitative estimate of drug-likeness (QED) is 0.680. The van der Waals surface area contributed by atoms with Crippen LogP contribution in [0.25, 0.3) is 0 Å². The van der Waals surface area contributed by atoms with Gasteiger partial charge in [-0.1, -0.05) is 27.5 Å². The van der Waals surface area contributed by atoms with Crippen LogP contribution in [0, 0.1) is 5.92 Å². The zero-order valence-electron chi connectivity index (χ0n) is 9.27. The molecule has 7 heteroatoms. The van der Waals surface area contributed by atoms with Crippen LogP contribution in [-0.4, -0.2) is 33.8 Å². The fraction of sp³-hybridized carbons (Fsp3) is 0.364. The van der Waals surface area contributed by atoms with E-state index in [4.69, 9.17) is 16.7 Å². The Bertz CT molecular complexity index is 509. The molecule has 2 heterocycles. The maximum absolute atomic E-state index is 11.9. The summed E-state index contributed by atoms with van der Waals surface area (Å²) in [6.45, 7) is 0.491. The van der Waals surface area contributed by atoms with Crippen LogP contribution in [0.15, 0.2) is 12.3 Å². The van der Waals surface area contributed by atoms with Crippen molar-refractivity contribution in [1.29, 1.82) is 0 Å². The molecule has 1 amide bonds. The number of halogens is 2. The van der Waals surface area contributed by atoms with Crippen molar-refractivity contribution in [3.63, 3.8) is 0 Å². The number of aromatic nitrogens is 1. The third-order valence-electron chi connectivity index (χ3n) is 2.79. The zero-order valence-corrected chi connectivity index (χ0v) is 11.6. The van der Waals surface area contributed by atoms with Crippen molar-refractivity contribution < 1.29 is 14.7 Å². The summed E-state index contributed by atoms with van der Waals surface area (Å²) in [6, 6.07) is 1.42. The predicted octanol–water partition coefficient (Wildman–Crippen LogP) is 2.18. The molecule has 0 saturated carbocycles. The van der Waals surface area contributed by atoms with E-state index in [2.05, 4.69) is 20.9 Å². The molecule has 1 fully saturated rings. The summed E-state index contributed by atoms with van der Waals surface area (Å²) in [6.07, 6.45) is 1.58. The van der Waals surface area contributed by atoms with Crippen LogP contribution in [0.5, 0.6) is 0 Å². The molecule has 0 radical (unpaired) electrons. The van der Waals surface area contributed by atoms with Gasteiger partial charge in [-0.05, 0) is 5.92 Å². The number of hydrogen-bond acceptors (Lipinski definition) is 3. The van der Waals surface area contributed by atoms with Gasteiger partial charge in [-0.2, -0.15) is 0 Å². The number of anilines is 1. The van der Waals surface area contributed by atoms with Crippen molar-refractivity contribution >= 4 is 45.1 Å². The number of hydrogen-bond donors (Lipinski definition) is 1. The average Bonchev–Trinajstić information content (AvgIpc) is 2.70. The molecule has 1 aliphatic heterocycles. The van der Waals surface area contributed by atoms with Crippen LogP contribution < -0.4 is 4.90 Å². The molecule has 0 spiro atoms. The lowest BCUT2D eigenvalue weighted by Gasteiger charge is -2.18. The zero-order chi connectivity index (χ0) is 13.3. The smallest absolute Gasteiger partial charge is 0.339 e. The number of carboxylic acid groups (broad SMARTS) is 1. The van der Waals surface area contributed by atoms with Crippen molar-refractivity contribution in [2.75, 3.05) is 16.8 Å². The molecule has 1 unspecified atom stereocenters. The Morgan fingerprint density at radius 3 is 2.94 bits per heavy atom. The number of aromatic carboxylic acids is 1. The first-order chi connectivity index (χ1) is 8.52. The SMILES string of the molecule is O=C(O)c1cnc(Cl)cc1N1CC(CBr)CC1=O. The van der Waals surface area contributed by atoms with Crippen LogP contribution in [0.1, 0.15) is 16.8 Å². The molecule has 1 saturated heterocycles. The summed E-state index contributed by atoms with van der Waals surface area (Å²) >= 11 is 9.10. The standard InChI is InChI=1S/C11H10BrClN2O3/c12-3-6-1-10(16)15(5-6)8-2-9(13)14-4-7(8)11(17)18/h2,4,6H,1,3,5H2,(H,17,18). The molecular formula is C11H10BrClN2O3. The Morgan fingerprint density at radius 2 is 2.39 bits per heavy atom. The first-order valence-electron chi connectivity index (χ1n) is 5.28. The van der Waals surface area contributed by atoms with Gasteiger partial charge in [0, 0.05) is 30.6 Å². The number of pyridine rings is 1. The number of nitrogens with zero attached hydrogens (tertiary/aromatic N) is 2. The van der Waals surface area contributed by atoms with Crippen LogP contribution in [-0.2, 0) is 4.79 Å². The molecule has 0 aromatic carbocycles. The number of carbonyl (C=O) groups is 2. The maximum Gasteiger partial charge on any atom is 0.339 e. The van der Waals surface area contributed by atoms with Gasteiger partial charge in [-0.3, -0.25) is 4.79 Å². The average molecular weight is 334 g/mol. The van der Waals surface area contributed by atoms with Gasteiger partial charge >= 0.3 is 5.97 Å². The van der Waals surface area contributed by atoms with E-state index in [1.165, 1.54) is 17.2 Å². The highest BCUT2D eigenvalue weighted by molar-refractivity contribution is 9.09. The summed E-state index contributed by atoms with van der Waals surface area (Å²) in [5.74, 6) is -1.03. The van der Waals surface area contributed by atoms with Crippen molar-refractivity contribution in [2.45, 2.75) is 6.42 Å². The summed E-state index contributed by atoms with van der Waals surface area (Å²) in [7, 11) is 0. The molecular weight excluding hydrogens is 323 g/mol. The van der Waals surface area contributed by atoms with Crippen LogP contribution >= 0.6 is 27.5 Å². The third-order valence-corrected chi connectivity index (χ3v) is 3.92. The lowest BCUT2D eigenvalue weighted by atomic mass is 10.1. The second-order valence-corrected chi connectivity index (χ2v) is 5.09. The molecule has 0 aliphatic carbocycles. The fourth-order valence-electron chi connectivity index (χ4n) is 1.93. The lowest BCUT2D eigenvalue weighted by Crippen LogP contribution is -2.26. The van der Waals surface area contributed by atoms with Crippen LogP contribution in [0.2, 0.25) is 5.15 Å². The van der Waals surface area contributed by atoms with Crippen molar-refractivity contribution in [3.05, 3.63) is 23.0 Å². The summed E-state index contributed by atoms with van der Waals surface area (Å²) in [5, 5.41) is 9.97. The number of amides is 1. The van der Waals surface area contributed by atoms with Gasteiger partial charge in [-0.15, -0.1) is 0 Å². The van der Waals surface area contributed by atoms with E-state index >= 15 is 0 Å². The predicted molar refractivity (Wildman–Crippen MR) is 70.5 cm³/mol. The molecule has 1 atom stereocenters. The molecule has 1 aromatic heterocycles. The third kappa shape index (κ3) is 2.49. The van der Waals surface area contributed by atoms with Gasteiger partial charge in [0.1, 0.15) is 10.7 Å². The second kappa shape index (κ2) is 5.24. The highest BCUT2D eigenvalue weighted by atomic mass is 79.9. The van der Waals surface area contributed by atoms with Crippen molar-refractivity contribution in [2.24, 2.45) is 5.92 Å². The van der Waals surface area contributed by atoms with Gasteiger partial charge in [0.25, 0.3) is 0 Å². The molecule has 1 aliphatic rings. The highest BCUT2D eigenvalue weighted by Crippen LogP contribution is 2.30. The van der Waals surface area contributed by atoms with E-state index in [0.29, 0.717) is 24.0 Å². The number of alkyl halides is 1. The highest BCUT2D eigenvalue weighted by Gasteiger charge is 2.32. The van der Waals surface area contributed by atoms with Crippen molar-refractivity contribution in [3.8, 4) is 0 Å². The van der Waals surface area contributed by atoms with Gasteiger partial charge in [0.2, 0.25) is 5.91 Å². The van der Waals surface area contributed by atoms with E-state index in [-0.39, 0.29) is 22.5 Å². The van der Waals surface area contributed by atoms with E-state index in [1.54, 1.807) is 0 Å². The van der Waals surface area contributed by atoms with Crippen LogP contribution in [0.3, 0.4) is 0 Å². The first-order valence-corrected chi connectivity index (χ1v) is 6.78. The molecule has 18 heavy (non-hydrogen) atoms. The number of rotatable bonds is 3. The van der Waals surface area contributed by atoms with Crippen molar-refractivity contribution in [1.82, 2.24) is 4.98 Å². The molecule has 1 N–H and O–H groups in total. The number of carbonyl (C=O) groups excluding carboxylic acids is 1. The van der Waals surface area contributed by atoms with Gasteiger partial charge in [0.15, 0.2) is 0 Å². The summed E-state index contributed by atoms with van der Waals surface area (Å²) in [4.78, 5) is 28.2. The monoisotopic (exact) mass is 332 g/mol. The van der Waals surface area contributed by atoms with E-state index in [9.17, 15) is 9.59 Å². The Balaban J connectivity index is 2.41. The Hall–Kier alpha value is -1.14. The van der Waals surface area contributed by atoms with E-state index in [0.717, 1.165) is 0 Å². The van der Waals surface area contributed by atoms with E-state index < -0.39 is 5.97 Å². The minimum Gasteiger partial charge on any atom is -0.478 e. The number of carboxylic acids is 1. The largest absolute Gasteiger partial charge is 0.478 e. The molecule has 96 valence electrons. The lowest BCUT2D eigenvalue weighted by molar-refractivity contribution is -0.117. The topological polar surface area (TPSA) is 70.5 Å².